The average Bonchev–Trinajstić information content (AvgIpc) is 2.72. The molecule has 0 saturated carbocycles. The van der Waals surface area contributed by atoms with Crippen molar-refractivity contribution >= 4 is 35.8 Å². The Bertz CT molecular complexity index is 629. The first-order chi connectivity index (χ1) is 14.1. The maximum atomic E-state index is 5.81. The lowest BCUT2D eigenvalue weighted by Gasteiger charge is -2.36. The largest absolute Gasteiger partial charge is 0.379 e. The van der Waals surface area contributed by atoms with Crippen molar-refractivity contribution in [1.82, 2.24) is 20.5 Å². The number of aromatic nitrogens is 1. The van der Waals surface area contributed by atoms with Gasteiger partial charge in [0, 0.05) is 52.0 Å². The minimum Gasteiger partial charge on any atom is -0.379 e. The monoisotopic (exact) mass is 532 g/mol. The quantitative estimate of drug-likeness (QED) is 0.315. The Hall–Kier alpha value is -1.17. The number of aliphatic imine (C=N–C) groups is 1. The van der Waals surface area contributed by atoms with Crippen LogP contribution >= 0.6 is 24.0 Å². The van der Waals surface area contributed by atoms with Gasteiger partial charge in [-0.3, -0.25) is 4.90 Å². The molecule has 3 heterocycles. The molecule has 2 saturated heterocycles. The van der Waals surface area contributed by atoms with Gasteiger partial charge in [-0.05, 0) is 32.4 Å². The highest BCUT2D eigenvalue weighted by molar-refractivity contribution is 14.0. The predicted octanol–water partition coefficient (Wildman–Crippen LogP) is 1.70. The second kappa shape index (κ2) is 13.3. The molecule has 170 valence electrons. The number of nitrogens with one attached hydrogen (secondary N) is 2. The van der Waals surface area contributed by atoms with Crippen molar-refractivity contribution in [2.24, 2.45) is 4.99 Å². The average molecular weight is 532 g/mol. The van der Waals surface area contributed by atoms with E-state index in [2.05, 4.69) is 58.3 Å². The number of rotatable bonds is 7. The van der Waals surface area contributed by atoms with E-state index in [-0.39, 0.29) is 36.2 Å². The zero-order chi connectivity index (χ0) is 20.5. The van der Waals surface area contributed by atoms with Crippen molar-refractivity contribution in [3.8, 4) is 0 Å². The van der Waals surface area contributed by atoms with E-state index < -0.39 is 0 Å². The van der Waals surface area contributed by atoms with Crippen LogP contribution in [0.5, 0.6) is 0 Å². The van der Waals surface area contributed by atoms with Crippen LogP contribution in [-0.4, -0.2) is 87.1 Å². The number of halogens is 1. The molecule has 2 N–H and O–H groups in total. The Balaban J connectivity index is 0.00000320. The molecule has 0 bridgehead atoms. The van der Waals surface area contributed by atoms with Crippen LogP contribution in [0.1, 0.15) is 26.3 Å². The Labute approximate surface area is 197 Å². The summed E-state index contributed by atoms with van der Waals surface area (Å²) >= 11 is 0. The number of nitrogens with zero attached hydrogens (tertiary/aromatic N) is 4. The van der Waals surface area contributed by atoms with Crippen molar-refractivity contribution in [2.45, 2.75) is 39.5 Å². The molecule has 0 spiro atoms. The van der Waals surface area contributed by atoms with Gasteiger partial charge < -0.3 is 25.0 Å². The number of anilines is 1. The number of ether oxygens (including phenoxy) is 2. The van der Waals surface area contributed by atoms with Crippen molar-refractivity contribution in [2.75, 3.05) is 63.9 Å². The third-order valence-corrected chi connectivity index (χ3v) is 5.14. The first-order valence-corrected chi connectivity index (χ1v) is 10.8. The van der Waals surface area contributed by atoms with Crippen molar-refractivity contribution in [3.05, 3.63) is 23.9 Å². The third kappa shape index (κ3) is 8.16. The van der Waals surface area contributed by atoms with Gasteiger partial charge in [0.2, 0.25) is 0 Å². The SMILES string of the molecule is CCNC(=NCc1ccc(N2CC(C)OC(C)C2)nc1)NCCN1CCOCC1.I. The highest BCUT2D eigenvalue weighted by Gasteiger charge is 2.22. The minimum atomic E-state index is 0. The molecule has 30 heavy (non-hydrogen) atoms. The molecule has 9 heteroatoms. The highest BCUT2D eigenvalue weighted by Crippen LogP contribution is 2.18. The number of guanidine groups is 1. The van der Waals surface area contributed by atoms with Crippen molar-refractivity contribution in [3.63, 3.8) is 0 Å². The fraction of sp³-hybridized carbons (Fsp3) is 0.714. The lowest BCUT2D eigenvalue weighted by atomic mass is 10.2. The summed E-state index contributed by atoms with van der Waals surface area (Å²) < 4.78 is 11.2. The zero-order valence-electron chi connectivity index (χ0n) is 18.5. The molecule has 0 radical (unpaired) electrons. The maximum Gasteiger partial charge on any atom is 0.191 e. The van der Waals surface area contributed by atoms with Crippen LogP contribution in [0, 0.1) is 0 Å². The fourth-order valence-electron chi connectivity index (χ4n) is 3.73. The van der Waals surface area contributed by atoms with Crippen molar-refractivity contribution < 1.29 is 9.47 Å². The summed E-state index contributed by atoms with van der Waals surface area (Å²) in [6.45, 7) is 15.1. The molecule has 2 aliphatic heterocycles. The van der Waals surface area contributed by atoms with Gasteiger partial charge in [-0.15, -0.1) is 24.0 Å². The van der Waals surface area contributed by atoms with Gasteiger partial charge in [-0.25, -0.2) is 9.98 Å². The summed E-state index contributed by atoms with van der Waals surface area (Å²) in [5.74, 6) is 1.86. The van der Waals surface area contributed by atoms with Gasteiger partial charge in [-0.2, -0.15) is 0 Å². The molecule has 0 aromatic carbocycles. The molecular formula is C21H37IN6O2. The smallest absolute Gasteiger partial charge is 0.191 e. The van der Waals surface area contributed by atoms with Crippen LogP contribution in [-0.2, 0) is 16.0 Å². The van der Waals surface area contributed by atoms with E-state index in [1.165, 1.54) is 0 Å². The molecular weight excluding hydrogens is 495 g/mol. The van der Waals surface area contributed by atoms with Crippen LogP contribution in [0.4, 0.5) is 5.82 Å². The standard InChI is InChI=1S/C21H36N6O2.HI/c1-4-22-21(23-7-8-26-9-11-28-12-10-26)25-14-19-5-6-20(24-13-19)27-15-17(2)29-18(3)16-27;/h5-6,13,17-18H,4,7-12,14-16H2,1-3H3,(H2,22,23,25);1H. The molecule has 0 amide bonds. The van der Waals surface area contributed by atoms with Gasteiger partial charge in [0.1, 0.15) is 5.82 Å². The van der Waals surface area contributed by atoms with E-state index >= 15 is 0 Å². The molecule has 2 unspecified atom stereocenters. The van der Waals surface area contributed by atoms with Gasteiger partial charge in [0.05, 0.1) is 32.0 Å². The molecule has 2 fully saturated rings. The lowest BCUT2D eigenvalue weighted by molar-refractivity contribution is -0.00545. The van der Waals surface area contributed by atoms with Crippen LogP contribution in [0.15, 0.2) is 23.3 Å². The molecule has 8 nitrogen and oxygen atoms in total. The van der Waals surface area contributed by atoms with Gasteiger partial charge in [0.15, 0.2) is 5.96 Å². The van der Waals surface area contributed by atoms with E-state index in [0.717, 1.165) is 76.4 Å². The number of hydrogen-bond donors (Lipinski definition) is 2. The van der Waals surface area contributed by atoms with Gasteiger partial charge in [0.25, 0.3) is 0 Å². The van der Waals surface area contributed by atoms with Crippen LogP contribution in [0.2, 0.25) is 0 Å². The van der Waals surface area contributed by atoms with Crippen LogP contribution < -0.4 is 15.5 Å². The summed E-state index contributed by atoms with van der Waals surface area (Å²) in [6, 6.07) is 4.21. The Morgan fingerprint density at radius 2 is 1.90 bits per heavy atom. The Morgan fingerprint density at radius 1 is 1.17 bits per heavy atom. The van der Waals surface area contributed by atoms with E-state index in [9.17, 15) is 0 Å². The number of pyridine rings is 1. The maximum absolute atomic E-state index is 5.81. The van der Waals surface area contributed by atoms with Crippen LogP contribution in [0.3, 0.4) is 0 Å². The zero-order valence-corrected chi connectivity index (χ0v) is 20.8. The lowest BCUT2D eigenvalue weighted by Crippen LogP contribution is -2.45. The summed E-state index contributed by atoms with van der Waals surface area (Å²) in [4.78, 5) is 14.1. The molecule has 0 aliphatic carbocycles. The summed E-state index contributed by atoms with van der Waals surface area (Å²) in [6.07, 6.45) is 2.40. The van der Waals surface area contributed by atoms with Gasteiger partial charge in [-0.1, -0.05) is 6.07 Å². The fourth-order valence-corrected chi connectivity index (χ4v) is 3.73. The van der Waals surface area contributed by atoms with E-state index in [4.69, 9.17) is 14.5 Å². The van der Waals surface area contributed by atoms with Crippen molar-refractivity contribution in [1.29, 1.82) is 0 Å². The first-order valence-electron chi connectivity index (χ1n) is 10.8. The van der Waals surface area contributed by atoms with E-state index in [0.29, 0.717) is 6.54 Å². The summed E-state index contributed by atoms with van der Waals surface area (Å²) in [5.41, 5.74) is 1.11. The van der Waals surface area contributed by atoms with E-state index in [1.807, 2.05) is 6.20 Å². The topological polar surface area (TPSA) is 74.2 Å². The second-order valence-corrected chi connectivity index (χ2v) is 7.76. The molecule has 3 rings (SSSR count). The normalized spacial score (nSPS) is 23.0. The Morgan fingerprint density at radius 3 is 2.53 bits per heavy atom. The van der Waals surface area contributed by atoms with Crippen LogP contribution in [0.25, 0.3) is 0 Å². The minimum absolute atomic E-state index is 0. The molecule has 1 aromatic rings. The molecule has 1 aromatic heterocycles. The number of hydrogen-bond acceptors (Lipinski definition) is 6. The summed E-state index contributed by atoms with van der Waals surface area (Å²) in [7, 11) is 0. The second-order valence-electron chi connectivity index (χ2n) is 7.76. The molecule has 2 aliphatic rings. The van der Waals surface area contributed by atoms with E-state index in [1.54, 1.807) is 0 Å². The summed E-state index contributed by atoms with van der Waals surface area (Å²) in [5, 5.41) is 6.74. The predicted molar refractivity (Wildman–Crippen MR) is 132 cm³/mol. The highest BCUT2D eigenvalue weighted by atomic mass is 127. The third-order valence-electron chi connectivity index (χ3n) is 5.14. The van der Waals surface area contributed by atoms with Gasteiger partial charge >= 0.3 is 0 Å². The number of morpholine rings is 2. The molecule has 2 atom stereocenters. The Kier molecular flexibility index (Phi) is 11.1. The first kappa shape index (κ1) is 25.1.